The number of nitrogens with one attached hydrogen (secondary N) is 1. The van der Waals surface area contributed by atoms with Gasteiger partial charge in [-0.15, -0.1) is 11.3 Å². The Morgan fingerprint density at radius 1 is 1.73 bits per heavy atom. The third-order valence-electron chi connectivity index (χ3n) is 2.03. The Bertz CT molecular complexity index is 448. The predicted octanol–water partition coefficient (Wildman–Crippen LogP) is 2.03. The van der Waals surface area contributed by atoms with E-state index in [0.717, 1.165) is 9.53 Å². The number of rotatable bonds is 3. The van der Waals surface area contributed by atoms with Crippen LogP contribution in [0.15, 0.2) is 11.4 Å². The number of nitrogens with two attached hydrogens (primary N) is 1. The average Bonchev–Trinajstić information content (AvgIpc) is 2.76. The summed E-state index contributed by atoms with van der Waals surface area (Å²) >= 11 is 3.10. The van der Waals surface area contributed by atoms with Crippen molar-refractivity contribution in [1.29, 1.82) is 0 Å². The minimum atomic E-state index is -0.452. The van der Waals surface area contributed by atoms with Crippen molar-refractivity contribution in [1.82, 2.24) is 4.98 Å². The smallest absolute Gasteiger partial charge is 0.243 e. The molecule has 0 aliphatic heterocycles. The van der Waals surface area contributed by atoms with Crippen molar-refractivity contribution in [3.8, 4) is 0 Å². The number of nitrogens with zero attached hydrogens (tertiary/aromatic N) is 1. The lowest BCUT2D eigenvalue weighted by molar-refractivity contribution is -0.117. The van der Waals surface area contributed by atoms with Crippen LogP contribution in [0.2, 0.25) is 0 Å². The van der Waals surface area contributed by atoms with Gasteiger partial charge in [0.1, 0.15) is 4.01 Å². The highest BCUT2D eigenvalue weighted by molar-refractivity contribution is 7.39. The van der Waals surface area contributed by atoms with Crippen molar-refractivity contribution in [2.75, 3.05) is 5.32 Å². The third kappa shape index (κ3) is 2.17. The second-order valence-electron chi connectivity index (χ2n) is 3.12. The Hall–Kier alpha value is -0.980. The van der Waals surface area contributed by atoms with Gasteiger partial charge in [-0.2, -0.15) is 0 Å². The molecule has 4 nitrogen and oxygen atoms in total. The monoisotopic (exact) mass is 241 g/mol. The normalized spacial score (nSPS) is 12.9. The molecule has 0 spiro atoms. The first-order valence-electron chi connectivity index (χ1n) is 4.61. The van der Waals surface area contributed by atoms with E-state index in [4.69, 9.17) is 5.73 Å². The highest BCUT2D eigenvalue weighted by Gasteiger charge is 2.13. The molecule has 1 atom stereocenters. The lowest BCUT2D eigenvalue weighted by Crippen LogP contribution is -2.34. The molecule has 0 saturated carbocycles. The Kier molecular flexibility index (Phi) is 2.99. The van der Waals surface area contributed by atoms with Crippen LogP contribution in [0.25, 0.3) is 9.53 Å². The van der Waals surface area contributed by atoms with E-state index < -0.39 is 6.04 Å². The number of carbonyl (C=O) groups is 1. The van der Waals surface area contributed by atoms with Crippen LogP contribution >= 0.6 is 22.7 Å². The van der Waals surface area contributed by atoms with E-state index in [9.17, 15) is 4.79 Å². The third-order valence-corrected chi connectivity index (χ3v) is 4.04. The molecule has 2 aromatic heterocycles. The first-order valence-corrected chi connectivity index (χ1v) is 6.30. The molecule has 0 aliphatic rings. The molecule has 2 aromatic rings. The van der Waals surface area contributed by atoms with Crippen molar-refractivity contribution < 1.29 is 4.79 Å². The molecule has 80 valence electrons. The summed E-state index contributed by atoms with van der Waals surface area (Å²) in [5.74, 6) is -0.168. The second-order valence-corrected chi connectivity index (χ2v) is 5.29. The molecular weight excluding hydrogens is 230 g/mol. The molecule has 0 aromatic carbocycles. The molecule has 0 bridgehead atoms. The maximum atomic E-state index is 11.5. The molecule has 2 rings (SSSR count). The van der Waals surface area contributed by atoms with Crippen LogP contribution in [0.1, 0.15) is 13.3 Å². The maximum Gasteiger partial charge on any atom is 0.243 e. The van der Waals surface area contributed by atoms with Gasteiger partial charge in [0.2, 0.25) is 5.91 Å². The number of hydrogen-bond donors (Lipinski definition) is 2. The number of fused-ring (bicyclic) bond motifs is 1. The van der Waals surface area contributed by atoms with Crippen molar-refractivity contribution in [3.63, 3.8) is 0 Å². The molecule has 3 N–H and O–H groups in total. The van der Waals surface area contributed by atoms with Crippen LogP contribution in [0.3, 0.4) is 0 Å². The number of aromatic nitrogens is 1. The predicted molar refractivity (Wildman–Crippen MR) is 64.4 cm³/mol. The molecule has 0 saturated heterocycles. The van der Waals surface area contributed by atoms with Gasteiger partial charge in [-0.25, -0.2) is 4.98 Å². The Morgan fingerprint density at radius 2 is 2.53 bits per heavy atom. The summed E-state index contributed by atoms with van der Waals surface area (Å²) in [6.45, 7) is 1.88. The minimum Gasteiger partial charge on any atom is -0.320 e. The van der Waals surface area contributed by atoms with Gasteiger partial charge >= 0.3 is 0 Å². The van der Waals surface area contributed by atoms with Crippen LogP contribution in [-0.2, 0) is 4.79 Å². The van der Waals surface area contributed by atoms with Gasteiger partial charge in [0.05, 0.1) is 11.6 Å². The first kappa shape index (κ1) is 10.5. The van der Waals surface area contributed by atoms with E-state index >= 15 is 0 Å². The van der Waals surface area contributed by atoms with E-state index in [2.05, 4.69) is 10.3 Å². The summed E-state index contributed by atoms with van der Waals surface area (Å²) in [4.78, 5) is 15.7. The Balaban J connectivity index is 2.12. The van der Waals surface area contributed by atoms with Crippen molar-refractivity contribution in [2.45, 2.75) is 19.4 Å². The van der Waals surface area contributed by atoms with Gasteiger partial charge in [0.25, 0.3) is 0 Å². The number of hydrogen-bond acceptors (Lipinski definition) is 5. The molecule has 2 heterocycles. The summed E-state index contributed by atoms with van der Waals surface area (Å²) in [5, 5.41) is 5.33. The second kappa shape index (κ2) is 4.26. The van der Waals surface area contributed by atoms with Gasteiger partial charge in [0.15, 0.2) is 5.13 Å². The SMILES string of the molecule is CC[C@H](N)C(=O)Nc1nc2ccsc2s1. The molecule has 1 amide bonds. The molecule has 0 radical (unpaired) electrons. The zero-order valence-electron chi connectivity index (χ0n) is 8.19. The van der Waals surface area contributed by atoms with Crippen LogP contribution in [0, 0.1) is 0 Å². The molecule has 6 heteroatoms. The Morgan fingerprint density at radius 3 is 3.20 bits per heavy atom. The highest BCUT2D eigenvalue weighted by Crippen LogP contribution is 2.30. The van der Waals surface area contributed by atoms with Crippen LogP contribution < -0.4 is 11.1 Å². The van der Waals surface area contributed by atoms with Gasteiger partial charge in [-0.1, -0.05) is 18.3 Å². The van der Waals surface area contributed by atoms with E-state index in [1.165, 1.54) is 11.3 Å². The number of carbonyl (C=O) groups excluding carboxylic acids is 1. The highest BCUT2D eigenvalue weighted by atomic mass is 32.2. The summed E-state index contributed by atoms with van der Waals surface area (Å²) in [6.07, 6.45) is 0.631. The first-order chi connectivity index (χ1) is 7.20. The summed E-state index contributed by atoms with van der Waals surface area (Å²) in [5.41, 5.74) is 6.54. The molecule has 0 aliphatic carbocycles. The zero-order valence-corrected chi connectivity index (χ0v) is 9.82. The average molecular weight is 241 g/mol. The molecular formula is C9H11N3OS2. The fourth-order valence-corrected chi connectivity index (χ4v) is 2.95. The molecule has 0 fully saturated rings. The van der Waals surface area contributed by atoms with Gasteiger partial charge in [0, 0.05) is 0 Å². The van der Waals surface area contributed by atoms with E-state index in [1.54, 1.807) is 11.3 Å². The number of amides is 1. The van der Waals surface area contributed by atoms with Crippen LogP contribution in [0.5, 0.6) is 0 Å². The number of thiophene rings is 1. The minimum absolute atomic E-state index is 0.168. The number of thiazole rings is 1. The maximum absolute atomic E-state index is 11.5. The summed E-state index contributed by atoms with van der Waals surface area (Å²) in [6, 6.07) is 1.48. The largest absolute Gasteiger partial charge is 0.320 e. The summed E-state index contributed by atoms with van der Waals surface area (Å²) < 4.78 is 1.12. The van der Waals surface area contributed by atoms with Crippen LogP contribution in [0.4, 0.5) is 5.13 Å². The molecule has 15 heavy (non-hydrogen) atoms. The lowest BCUT2D eigenvalue weighted by Gasteiger charge is -2.06. The quantitative estimate of drug-likeness (QED) is 0.864. The van der Waals surface area contributed by atoms with Gasteiger partial charge < -0.3 is 11.1 Å². The van der Waals surface area contributed by atoms with Crippen LogP contribution in [-0.4, -0.2) is 16.9 Å². The lowest BCUT2D eigenvalue weighted by atomic mass is 10.2. The van der Waals surface area contributed by atoms with Crippen molar-refractivity contribution in [3.05, 3.63) is 11.4 Å². The fourth-order valence-electron chi connectivity index (χ4n) is 1.10. The van der Waals surface area contributed by atoms with Gasteiger partial charge in [-0.05, 0) is 17.9 Å². The molecule has 0 unspecified atom stereocenters. The standard InChI is InChI=1S/C9H11N3OS2/c1-2-5(10)7(13)12-9-11-6-3-4-14-8(6)15-9/h3-5H,2,10H2,1H3,(H,11,12,13)/t5-/m0/s1. The fraction of sp³-hybridized carbons (Fsp3) is 0.333. The van der Waals surface area contributed by atoms with Gasteiger partial charge in [-0.3, -0.25) is 4.79 Å². The summed E-state index contributed by atoms with van der Waals surface area (Å²) in [7, 11) is 0. The number of anilines is 1. The van der Waals surface area contributed by atoms with E-state index in [-0.39, 0.29) is 5.91 Å². The zero-order chi connectivity index (χ0) is 10.8. The van der Waals surface area contributed by atoms with Crippen molar-refractivity contribution in [2.24, 2.45) is 5.73 Å². The van der Waals surface area contributed by atoms with E-state index in [0.29, 0.717) is 11.6 Å². The topological polar surface area (TPSA) is 68.0 Å². The van der Waals surface area contributed by atoms with E-state index in [1.807, 2.05) is 18.4 Å². The van der Waals surface area contributed by atoms with Crippen molar-refractivity contribution >= 4 is 43.2 Å². The Labute approximate surface area is 95.1 Å².